The quantitative estimate of drug-likeness (QED) is 0.397. The first-order valence-corrected chi connectivity index (χ1v) is 11.6. The predicted octanol–water partition coefficient (Wildman–Crippen LogP) is 3.40. The summed E-state index contributed by atoms with van der Waals surface area (Å²) in [5, 5.41) is 20.4. The molecule has 3 aromatic rings. The third kappa shape index (κ3) is 3.73. The van der Waals surface area contributed by atoms with Crippen LogP contribution in [0, 0.1) is 10.1 Å². The summed E-state index contributed by atoms with van der Waals surface area (Å²) in [6, 6.07) is 7.47. The van der Waals surface area contributed by atoms with E-state index in [1.54, 1.807) is 16.7 Å². The predicted molar refractivity (Wildman–Crippen MR) is 109 cm³/mol. The number of nitro benzene ring substituents is 1. The summed E-state index contributed by atoms with van der Waals surface area (Å²) in [6.07, 6.45) is 3.11. The molecule has 1 aliphatic heterocycles. The summed E-state index contributed by atoms with van der Waals surface area (Å²) in [4.78, 5) is 11.3. The Labute approximate surface area is 177 Å². The first kappa shape index (κ1) is 20.6. The number of benzene rings is 1. The molecule has 0 N–H and O–H groups in total. The van der Waals surface area contributed by atoms with Crippen LogP contribution in [0.4, 0.5) is 5.69 Å². The fraction of sp³-hybridized carbons (Fsp3) is 0.333. The molecule has 158 valence electrons. The Kier molecular flexibility index (Phi) is 5.62. The maximum Gasteiger partial charge on any atom is 0.284 e. The Bertz CT molecular complexity index is 1170. The standard InChI is InChI=1S/C18H19N5O5S2/c1-2-22-17(15-6-5-11-28-15)19-20-18(22)29-16-8-7-13(12-14(16)23(24)25)30(26,27)21-9-3-4-10-21/h5-8,11-12H,2-4,9-10H2,1H3. The van der Waals surface area contributed by atoms with Gasteiger partial charge in [-0.3, -0.25) is 14.7 Å². The van der Waals surface area contributed by atoms with Crippen LogP contribution in [-0.2, 0) is 16.6 Å². The fourth-order valence-electron chi connectivity index (χ4n) is 3.30. The minimum Gasteiger partial charge on any atom is -0.461 e. The number of furan rings is 1. The fourth-order valence-corrected chi connectivity index (χ4v) is 5.82. The topological polar surface area (TPSA) is 124 Å². The number of nitrogens with zero attached hydrogens (tertiary/aromatic N) is 5. The van der Waals surface area contributed by atoms with Crippen LogP contribution in [0.15, 0.2) is 56.0 Å². The zero-order valence-corrected chi connectivity index (χ0v) is 17.7. The third-order valence-electron chi connectivity index (χ3n) is 4.81. The molecule has 0 saturated carbocycles. The zero-order chi connectivity index (χ0) is 21.3. The molecule has 3 heterocycles. The Balaban J connectivity index is 1.69. The van der Waals surface area contributed by atoms with Crippen LogP contribution in [0.2, 0.25) is 0 Å². The first-order chi connectivity index (χ1) is 14.4. The molecule has 0 radical (unpaired) electrons. The van der Waals surface area contributed by atoms with Gasteiger partial charge in [0.25, 0.3) is 5.69 Å². The van der Waals surface area contributed by atoms with Crippen LogP contribution in [0.25, 0.3) is 11.6 Å². The third-order valence-corrected chi connectivity index (χ3v) is 7.75. The summed E-state index contributed by atoms with van der Waals surface area (Å²) in [7, 11) is -3.75. The normalized spacial score (nSPS) is 15.0. The lowest BCUT2D eigenvalue weighted by atomic mass is 10.3. The summed E-state index contributed by atoms with van der Waals surface area (Å²) in [6.45, 7) is 3.30. The minimum atomic E-state index is -3.75. The van der Waals surface area contributed by atoms with Gasteiger partial charge in [0.15, 0.2) is 16.7 Å². The van der Waals surface area contributed by atoms with Gasteiger partial charge in [-0.25, -0.2) is 8.42 Å². The van der Waals surface area contributed by atoms with Crippen molar-refractivity contribution in [2.45, 2.75) is 41.3 Å². The van der Waals surface area contributed by atoms with Crippen LogP contribution >= 0.6 is 11.8 Å². The van der Waals surface area contributed by atoms with Crippen molar-refractivity contribution >= 4 is 27.5 Å². The molecule has 30 heavy (non-hydrogen) atoms. The molecule has 10 nitrogen and oxygen atoms in total. The molecule has 0 amide bonds. The van der Waals surface area contributed by atoms with Crippen molar-refractivity contribution < 1.29 is 17.8 Å². The van der Waals surface area contributed by atoms with Crippen LogP contribution < -0.4 is 0 Å². The van der Waals surface area contributed by atoms with Gasteiger partial charge in [0, 0.05) is 25.7 Å². The van der Waals surface area contributed by atoms with Crippen LogP contribution in [0.1, 0.15) is 19.8 Å². The molecule has 2 aromatic heterocycles. The van der Waals surface area contributed by atoms with E-state index in [4.69, 9.17) is 4.42 Å². The average molecular weight is 450 g/mol. The molecule has 0 bridgehead atoms. The van der Waals surface area contributed by atoms with Crippen molar-refractivity contribution in [3.63, 3.8) is 0 Å². The monoisotopic (exact) mass is 449 g/mol. The molecule has 1 aromatic carbocycles. The number of hydrogen-bond donors (Lipinski definition) is 0. The molecule has 0 unspecified atom stereocenters. The van der Waals surface area contributed by atoms with E-state index in [1.807, 2.05) is 6.92 Å². The number of nitro groups is 1. The Morgan fingerprint density at radius 1 is 1.23 bits per heavy atom. The van der Waals surface area contributed by atoms with E-state index >= 15 is 0 Å². The molecule has 1 saturated heterocycles. The van der Waals surface area contributed by atoms with Gasteiger partial charge < -0.3 is 4.42 Å². The van der Waals surface area contributed by atoms with Crippen molar-refractivity contribution in [1.29, 1.82) is 0 Å². The highest BCUT2D eigenvalue weighted by atomic mass is 32.2. The molecule has 4 rings (SSSR count). The first-order valence-electron chi connectivity index (χ1n) is 9.35. The molecule has 0 spiro atoms. The SMILES string of the molecule is CCn1c(Sc2ccc(S(=O)(=O)N3CCCC3)cc2[N+](=O)[O-])nnc1-c1ccco1. The zero-order valence-electron chi connectivity index (χ0n) is 16.1. The summed E-state index contributed by atoms with van der Waals surface area (Å²) in [5.74, 6) is 1.05. The van der Waals surface area contributed by atoms with E-state index in [9.17, 15) is 18.5 Å². The average Bonchev–Trinajstić information content (AvgIpc) is 3.48. The van der Waals surface area contributed by atoms with E-state index in [0.29, 0.717) is 36.4 Å². The van der Waals surface area contributed by atoms with Gasteiger partial charge in [-0.05, 0) is 55.8 Å². The van der Waals surface area contributed by atoms with E-state index in [-0.39, 0.29) is 15.5 Å². The van der Waals surface area contributed by atoms with Crippen LogP contribution in [-0.4, -0.2) is 45.5 Å². The van der Waals surface area contributed by atoms with E-state index < -0.39 is 14.9 Å². The van der Waals surface area contributed by atoms with E-state index in [1.165, 1.54) is 22.7 Å². The summed E-state index contributed by atoms with van der Waals surface area (Å²) >= 11 is 1.06. The second-order valence-corrected chi connectivity index (χ2v) is 9.57. The maximum atomic E-state index is 12.8. The maximum absolute atomic E-state index is 12.8. The van der Waals surface area contributed by atoms with Crippen molar-refractivity contribution in [2.24, 2.45) is 0 Å². The number of hydrogen-bond acceptors (Lipinski definition) is 8. The Hall–Kier alpha value is -2.70. The van der Waals surface area contributed by atoms with Crippen molar-refractivity contribution in [1.82, 2.24) is 19.1 Å². The highest BCUT2D eigenvalue weighted by Crippen LogP contribution is 2.37. The van der Waals surface area contributed by atoms with Gasteiger partial charge in [-0.15, -0.1) is 10.2 Å². The molecule has 1 fully saturated rings. The van der Waals surface area contributed by atoms with Crippen LogP contribution in [0.5, 0.6) is 0 Å². The highest BCUT2D eigenvalue weighted by Gasteiger charge is 2.30. The second-order valence-electron chi connectivity index (χ2n) is 6.63. The lowest BCUT2D eigenvalue weighted by Gasteiger charge is -2.15. The molecular formula is C18H19N5O5S2. The second kappa shape index (κ2) is 8.20. The Morgan fingerprint density at radius 2 is 2.00 bits per heavy atom. The Morgan fingerprint density at radius 3 is 2.63 bits per heavy atom. The molecular weight excluding hydrogens is 430 g/mol. The largest absolute Gasteiger partial charge is 0.461 e. The number of sulfonamides is 1. The highest BCUT2D eigenvalue weighted by molar-refractivity contribution is 7.99. The van der Waals surface area contributed by atoms with Gasteiger partial charge in [-0.2, -0.15) is 4.31 Å². The van der Waals surface area contributed by atoms with Gasteiger partial charge in [-0.1, -0.05) is 0 Å². The minimum absolute atomic E-state index is 0.0753. The van der Waals surface area contributed by atoms with E-state index in [0.717, 1.165) is 30.7 Å². The summed E-state index contributed by atoms with van der Waals surface area (Å²) < 4.78 is 34.1. The number of rotatable bonds is 7. The molecule has 12 heteroatoms. The van der Waals surface area contributed by atoms with E-state index in [2.05, 4.69) is 10.2 Å². The van der Waals surface area contributed by atoms with Crippen molar-refractivity contribution in [3.8, 4) is 11.6 Å². The molecule has 0 atom stereocenters. The van der Waals surface area contributed by atoms with Crippen molar-refractivity contribution in [2.75, 3.05) is 13.1 Å². The van der Waals surface area contributed by atoms with Gasteiger partial charge in [0.2, 0.25) is 10.0 Å². The summed E-state index contributed by atoms with van der Waals surface area (Å²) in [5.41, 5.74) is -0.287. The van der Waals surface area contributed by atoms with Crippen LogP contribution in [0.3, 0.4) is 0 Å². The molecule has 1 aliphatic rings. The smallest absolute Gasteiger partial charge is 0.284 e. The molecule has 0 aliphatic carbocycles. The van der Waals surface area contributed by atoms with Gasteiger partial charge in [0.05, 0.1) is 21.0 Å². The van der Waals surface area contributed by atoms with Gasteiger partial charge >= 0.3 is 0 Å². The lowest BCUT2D eigenvalue weighted by Crippen LogP contribution is -2.27. The van der Waals surface area contributed by atoms with Crippen molar-refractivity contribution in [3.05, 3.63) is 46.7 Å². The van der Waals surface area contributed by atoms with Gasteiger partial charge in [0.1, 0.15) is 0 Å². The number of aromatic nitrogens is 3. The lowest BCUT2D eigenvalue weighted by molar-refractivity contribution is -0.388.